The average molecular weight is 284 g/mol. The van der Waals surface area contributed by atoms with Crippen molar-refractivity contribution in [2.45, 2.75) is 77.3 Å². The molecule has 20 heavy (non-hydrogen) atoms. The molecule has 0 spiro atoms. The highest BCUT2D eigenvalue weighted by Crippen LogP contribution is 2.13. The highest BCUT2D eigenvalue weighted by Gasteiger charge is 2.22. The van der Waals surface area contributed by atoms with Crippen LogP contribution in [-0.2, 0) is 4.79 Å². The van der Waals surface area contributed by atoms with Crippen LogP contribution in [-0.4, -0.2) is 41.8 Å². The third kappa shape index (κ3) is 7.25. The summed E-state index contributed by atoms with van der Waals surface area (Å²) in [6.07, 6.45) is 11.0. The standard InChI is InChI=1S/C16H32N2O2/c1-2-3-4-5-6-7-10-16(20)17-15(11-14-19)18-12-8-9-13-18/h15,19H,2-14H2,1H3,(H,17,20). The average Bonchev–Trinajstić information content (AvgIpc) is 2.96. The Morgan fingerprint density at radius 1 is 1.15 bits per heavy atom. The first kappa shape index (κ1) is 17.4. The lowest BCUT2D eigenvalue weighted by molar-refractivity contribution is -0.123. The predicted molar refractivity (Wildman–Crippen MR) is 82.4 cm³/mol. The van der Waals surface area contributed by atoms with Crippen molar-refractivity contribution in [3.63, 3.8) is 0 Å². The molecule has 1 fully saturated rings. The van der Waals surface area contributed by atoms with Gasteiger partial charge in [0.2, 0.25) is 5.91 Å². The van der Waals surface area contributed by atoms with E-state index in [2.05, 4.69) is 17.1 Å². The van der Waals surface area contributed by atoms with Crippen LogP contribution in [0.5, 0.6) is 0 Å². The Morgan fingerprint density at radius 3 is 2.45 bits per heavy atom. The fraction of sp³-hybridized carbons (Fsp3) is 0.938. The number of hydrogen-bond acceptors (Lipinski definition) is 3. The van der Waals surface area contributed by atoms with Crippen LogP contribution in [0.1, 0.15) is 71.1 Å². The molecule has 0 aromatic heterocycles. The van der Waals surface area contributed by atoms with Crippen molar-refractivity contribution in [2.75, 3.05) is 19.7 Å². The number of carbonyl (C=O) groups excluding carboxylic acids is 1. The largest absolute Gasteiger partial charge is 0.396 e. The minimum Gasteiger partial charge on any atom is -0.396 e. The Hall–Kier alpha value is -0.610. The van der Waals surface area contributed by atoms with Gasteiger partial charge in [0, 0.05) is 32.5 Å². The summed E-state index contributed by atoms with van der Waals surface area (Å²) in [6, 6.07) is 0. The minimum absolute atomic E-state index is 0.0371. The van der Waals surface area contributed by atoms with Gasteiger partial charge in [0.15, 0.2) is 0 Å². The molecule has 1 rings (SSSR count). The van der Waals surface area contributed by atoms with Gasteiger partial charge in [0.05, 0.1) is 6.17 Å². The van der Waals surface area contributed by atoms with Crippen LogP contribution in [0.3, 0.4) is 0 Å². The zero-order valence-electron chi connectivity index (χ0n) is 13.1. The lowest BCUT2D eigenvalue weighted by atomic mass is 10.1. The summed E-state index contributed by atoms with van der Waals surface area (Å²) < 4.78 is 0. The molecule has 1 saturated heterocycles. The van der Waals surface area contributed by atoms with Gasteiger partial charge >= 0.3 is 0 Å². The van der Waals surface area contributed by atoms with Crippen LogP contribution in [0, 0.1) is 0 Å². The molecule has 0 bridgehead atoms. The molecule has 0 radical (unpaired) electrons. The molecule has 0 aromatic carbocycles. The van der Waals surface area contributed by atoms with Gasteiger partial charge in [0.1, 0.15) is 0 Å². The van der Waals surface area contributed by atoms with E-state index in [4.69, 9.17) is 5.11 Å². The Bertz CT molecular complexity index is 253. The van der Waals surface area contributed by atoms with Crippen LogP contribution >= 0.6 is 0 Å². The van der Waals surface area contributed by atoms with E-state index in [0.717, 1.165) is 25.9 Å². The van der Waals surface area contributed by atoms with Gasteiger partial charge < -0.3 is 10.4 Å². The Kier molecular flexibility index (Phi) is 9.67. The lowest BCUT2D eigenvalue weighted by Gasteiger charge is -2.27. The monoisotopic (exact) mass is 284 g/mol. The first-order valence-electron chi connectivity index (χ1n) is 8.42. The fourth-order valence-corrected chi connectivity index (χ4v) is 2.85. The number of likely N-dealkylation sites (tertiary alicyclic amines) is 1. The van der Waals surface area contributed by atoms with E-state index in [1.165, 1.54) is 38.5 Å². The predicted octanol–water partition coefficient (Wildman–Crippen LogP) is 2.66. The molecule has 0 aliphatic carbocycles. The molecular weight excluding hydrogens is 252 g/mol. The molecule has 0 aromatic rings. The third-order valence-electron chi connectivity index (χ3n) is 4.07. The number of nitrogens with one attached hydrogen (secondary N) is 1. The smallest absolute Gasteiger partial charge is 0.221 e. The molecule has 4 heteroatoms. The SMILES string of the molecule is CCCCCCCCC(=O)NC(CCO)N1CCCC1. The number of amides is 1. The van der Waals surface area contributed by atoms with Crippen molar-refractivity contribution in [1.82, 2.24) is 10.2 Å². The maximum absolute atomic E-state index is 12.0. The Balaban J connectivity index is 2.14. The minimum atomic E-state index is 0.0371. The Morgan fingerprint density at radius 2 is 1.80 bits per heavy atom. The quantitative estimate of drug-likeness (QED) is 0.574. The molecule has 1 aliphatic heterocycles. The zero-order chi connectivity index (χ0) is 14.6. The number of aliphatic hydroxyl groups excluding tert-OH is 1. The summed E-state index contributed by atoms with van der Waals surface area (Å²) in [5.41, 5.74) is 0. The van der Waals surface area contributed by atoms with Crippen molar-refractivity contribution in [1.29, 1.82) is 0 Å². The summed E-state index contributed by atoms with van der Waals surface area (Å²) in [4.78, 5) is 14.2. The van der Waals surface area contributed by atoms with E-state index in [9.17, 15) is 4.79 Å². The van der Waals surface area contributed by atoms with Gasteiger partial charge in [0.25, 0.3) is 0 Å². The fourth-order valence-electron chi connectivity index (χ4n) is 2.85. The van der Waals surface area contributed by atoms with Crippen molar-refractivity contribution in [3.05, 3.63) is 0 Å². The van der Waals surface area contributed by atoms with Crippen molar-refractivity contribution < 1.29 is 9.90 Å². The summed E-state index contributed by atoms with van der Waals surface area (Å²) in [6.45, 7) is 4.44. The summed E-state index contributed by atoms with van der Waals surface area (Å²) >= 11 is 0. The van der Waals surface area contributed by atoms with E-state index >= 15 is 0 Å². The number of rotatable bonds is 11. The van der Waals surface area contributed by atoms with Gasteiger partial charge in [-0.15, -0.1) is 0 Å². The molecule has 1 amide bonds. The number of unbranched alkanes of at least 4 members (excludes halogenated alkanes) is 5. The van der Waals surface area contributed by atoms with Gasteiger partial charge in [-0.05, 0) is 19.3 Å². The highest BCUT2D eigenvalue weighted by molar-refractivity contribution is 5.76. The summed E-state index contributed by atoms with van der Waals surface area (Å²) in [5, 5.41) is 12.2. The Labute approximate surface area is 123 Å². The topological polar surface area (TPSA) is 52.6 Å². The highest BCUT2D eigenvalue weighted by atomic mass is 16.3. The van der Waals surface area contributed by atoms with Gasteiger partial charge in [-0.25, -0.2) is 0 Å². The van der Waals surface area contributed by atoms with Crippen LogP contribution in [0.15, 0.2) is 0 Å². The molecule has 118 valence electrons. The van der Waals surface area contributed by atoms with Crippen molar-refractivity contribution in [3.8, 4) is 0 Å². The third-order valence-corrected chi connectivity index (χ3v) is 4.07. The van der Waals surface area contributed by atoms with E-state index in [1.807, 2.05) is 0 Å². The van der Waals surface area contributed by atoms with E-state index in [-0.39, 0.29) is 18.7 Å². The van der Waals surface area contributed by atoms with Crippen LogP contribution < -0.4 is 5.32 Å². The second kappa shape index (κ2) is 11.1. The second-order valence-electron chi connectivity index (χ2n) is 5.86. The van der Waals surface area contributed by atoms with Crippen LogP contribution in [0.25, 0.3) is 0 Å². The normalized spacial score (nSPS) is 17.3. The number of aliphatic hydroxyl groups is 1. The van der Waals surface area contributed by atoms with Gasteiger partial charge in [-0.1, -0.05) is 39.0 Å². The zero-order valence-corrected chi connectivity index (χ0v) is 13.1. The van der Waals surface area contributed by atoms with E-state index in [1.54, 1.807) is 0 Å². The number of hydrogen-bond donors (Lipinski definition) is 2. The van der Waals surface area contributed by atoms with E-state index < -0.39 is 0 Å². The maximum Gasteiger partial charge on any atom is 0.221 e. The second-order valence-corrected chi connectivity index (χ2v) is 5.86. The van der Waals surface area contributed by atoms with Crippen LogP contribution in [0.4, 0.5) is 0 Å². The first-order valence-corrected chi connectivity index (χ1v) is 8.42. The van der Waals surface area contributed by atoms with Crippen molar-refractivity contribution in [2.24, 2.45) is 0 Å². The van der Waals surface area contributed by atoms with Crippen molar-refractivity contribution >= 4 is 5.91 Å². The molecule has 4 nitrogen and oxygen atoms in total. The molecule has 1 aliphatic rings. The molecule has 0 saturated carbocycles. The van der Waals surface area contributed by atoms with E-state index in [0.29, 0.717) is 12.8 Å². The van der Waals surface area contributed by atoms with Gasteiger partial charge in [-0.3, -0.25) is 9.69 Å². The van der Waals surface area contributed by atoms with Gasteiger partial charge in [-0.2, -0.15) is 0 Å². The maximum atomic E-state index is 12.0. The molecular formula is C16H32N2O2. The number of carbonyl (C=O) groups is 1. The number of nitrogens with zero attached hydrogens (tertiary/aromatic N) is 1. The first-order chi connectivity index (χ1) is 9.77. The lowest BCUT2D eigenvalue weighted by Crippen LogP contribution is -2.47. The van der Waals surface area contributed by atoms with Crippen LogP contribution in [0.2, 0.25) is 0 Å². The summed E-state index contributed by atoms with van der Waals surface area (Å²) in [7, 11) is 0. The summed E-state index contributed by atoms with van der Waals surface area (Å²) in [5.74, 6) is 0.144. The molecule has 1 heterocycles. The molecule has 1 unspecified atom stereocenters. The molecule has 2 N–H and O–H groups in total. The molecule has 1 atom stereocenters.